The number of carbonyl (C=O) groups is 4. The van der Waals surface area contributed by atoms with Gasteiger partial charge in [-0.1, -0.05) is 32.6 Å². The van der Waals surface area contributed by atoms with Gasteiger partial charge in [-0.15, -0.1) is 0 Å². The third-order valence-corrected chi connectivity index (χ3v) is 6.55. The minimum atomic E-state index is -0.535. The minimum Gasteiger partial charge on any atom is -0.354 e. The second-order valence-electron chi connectivity index (χ2n) is 8.68. The maximum absolute atomic E-state index is 12.3. The van der Waals surface area contributed by atoms with Gasteiger partial charge in [0, 0.05) is 45.8 Å². The number of carbonyl (C=O) groups excluding carboxylic acids is 4. The molecule has 0 radical (unpaired) electrons. The Labute approximate surface area is 202 Å². The highest BCUT2D eigenvalue weighted by atomic mass is 32.2. The number of hydrogen-bond donors (Lipinski definition) is 4. The monoisotopic (exact) mass is 485 g/mol. The molecule has 1 heterocycles. The zero-order valence-electron chi connectivity index (χ0n) is 20.5. The van der Waals surface area contributed by atoms with E-state index < -0.39 is 6.04 Å². The Balaban J connectivity index is 2.12. The second-order valence-corrected chi connectivity index (χ2v) is 9.78. The van der Waals surface area contributed by atoms with E-state index in [1.807, 2.05) is 7.05 Å². The Hall–Kier alpha value is -1.81. The van der Waals surface area contributed by atoms with Crippen molar-refractivity contribution in [2.75, 3.05) is 51.3 Å². The van der Waals surface area contributed by atoms with Crippen LogP contribution >= 0.6 is 11.8 Å². The van der Waals surface area contributed by atoms with Crippen molar-refractivity contribution in [2.45, 2.75) is 64.8 Å². The lowest BCUT2D eigenvalue weighted by molar-refractivity contribution is -0.128. The van der Waals surface area contributed by atoms with Gasteiger partial charge in [-0.3, -0.25) is 19.2 Å². The zero-order chi connectivity index (χ0) is 24.5. The van der Waals surface area contributed by atoms with Crippen molar-refractivity contribution in [2.24, 2.45) is 5.92 Å². The number of nitrogens with one attached hydrogen (secondary N) is 4. The molecule has 1 aliphatic heterocycles. The van der Waals surface area contributed by atoms with Crippen LogP contribution in [0.5, 0.6) is 0 Å². The number of nitrogens with zero attached hydrogens (tertiary/aromatic N) is 1. The minimum absolute atomic E-state index is 0.0958. The molecule has 0 saturated carbocycles. The molecule has 1 aliphatic rings. The summed E-state index contributed by atoms with van der Waals surface area (Å²) in [6.07, 6.45) is 6.19. The second kappa shape index (κ2) is 17.6. The lowest BCUT2D eigenvalue weighted by Crippen LogP contribution is -2.47. The number of rotatable bonds is 17. The summed E-state index contributed by atoms with van der Waals surface area (Å²) in [4.78, 5) is 49.7. The van der Waals surface area contributed by atoms with Crippen molar-refractivity contribution in [3.05, 3.63) is 0 Å². The largest absolute Gasteiger partial charge is 0.354 e. The predicted molar refractivity (Wildman–Crippen MR) is 133 cm³/mol. The molecule has 0 spiro atoms. The van der Waals surface area contributed by atoms with Crippen LogP contribution in [-0.2, 0) is 19.2 Å². The van der Waals surface area contributed by atoms with E-state index in [2.05, 4.69) is 28.2 Å². The molecule has 4 N–H and O–H groups in total. The van der Waals surface area contributed by atoms with Crippen LogP contribution in [0.15, 0.2) is 0 Å². The van der Waals surface area contributed by atoms with Crippen molar-refractivity contribution in [1.82, 2.24) is 26.2 Å². The maximum atomic E-state index is 12.3. The van der Waals surface area contributed by atoms with E-state index in [4.69, 9.17) is 0 Å². The first-order valence-electron chi connectivity index (χ1n) is 12.2. The van der Waals surface area contributed by atoms with E-state index in [0.29, 0.717) is 43.4 Å². The molecule has 1 fully saturated rings. The summed E-state index contributed by atoms with van der Waals surface area (Å²) in [5, 5.41) is 11.6. The Morgan fingerprint density at radius 2 is 1.88 bits per heavy atom. The fraction of sp³-hybridized carbons (Fsp3) is 0.826. The van der Waals surface area contributed by atoms with Gasteiger partial charge in [0.2, 0.25) is 23.6 Å². The number of hydrogen-bond acceptors (Lipinski definition) is 6. The van der Waals surface area contributed by atoms with Gasteiger partial charge in [-0.25, -0.2) is 0 Å². The number of unbranched alkanes of at least 4 members (excludes halogenated alkanes) is 3. The van der Waals surface area contributed by atoms with Crippen molar-refractivity contribution in [1.29, 1.82) is 0 Å². The first-order chi connectivity index (χ1) is 15.8. The zero-order valence-corrected chi connectivity index (χ0v) is 21.4. The molecule has 1 unspecified atom stereocenters. The Bertz CT molecular complexity index is 614. The topological polar surface area (TPSA) is 120 Å². The highest BCUT2D eigenvalue weighted by Gasteiger charge is 2.20. The van der Waals surface area contributed by atoms with Crippen LogP contribution < -0.4 is 21.3 Å². The summed E-state index contributed by atoms with van der Waals surface area (Å²) in [6.45, 7) is 6.94. The van der Waals surface area contributed by atoms with E-state index in [1.165, 1.54) is 18.7 Å². The molecular weight excluding hydrogens is 442 g/mol. The standard InChI is InChI=1S/C23H43N5O4S/c1-4-5-6-7-8-20(27-18(2)29)23(32)26-13-12-25-21(30)10-14-33-17-22(31)28(3)16-19-9-11-24-15-19/h19-20,24H,4-17H2,1-3H3,(H,25,30)(H,26,32)(H,27,29)/t19?,20-/m0/s1. The lowest BCUT2D eigenvalue weighted by atomic mass is 10.1. The van der Waals surface area contributed by atoms with E-state index in [9.17, 15) is 19.2 Å². The fourth-order valence-electron chi connectivity index (χ4n) is 3.68. The van der Waals surface area contributed by atoms with Crippen LogP contribution in [0.4, 0.5) is 0 Å². The lowest BCUT2D eigenvalue weighted by Gasteiger charge is -2.20. The average Bonchev–Trinajstić information content (AvgIpc) is 3.28. The van der Waals surface area contributed by atoms with Gasteiger partial charge in [0.15, 0.2) is 0 Å². The first kappa shape index (κ1) is 29.2. The number of amides is 4. The molecule has 0 bridgehead atoms. The highest BCUT2D eigenvalue weighted by molar-refractivity contribution is 7.99. The molecule has 0 aromatic carbocycles. The average molecular weight is 486 g/mol. The Morgan fingerprint density at radius 3 is 2.55 bits per heavy atom. The molecule has 190 valence electrons. The van der Waals surface area contributed by atoms with Gasteiger partial charge in [0.25, 0.3) is 0 Å². The highest BCUT2D eigenvalue weighted by Crippen LogP contribution is 2.11. The normalized spacial score (nSPS) is 16.2. The summed E-state index contributed by atoms with van der Waals surface area (Å²) in [5.74, 6) is 1.03. The molecule has 1 saturated heterocycles. The van der Waals surface area contributed by atoms with E-state index in [0.717, 1.165) is 51.7 Å². The molecular formula is C23H43N5O4S. The molecule has 4 amide bonds. The van der Waals surface area contributed by atoms with Gasteiger partial charge in [0.05, 0.1) is 5.75 Å². The summed E-state index contributed by atoms with van der Waals surface area (Å²) in [5.41, 5.74) is 0. The van der Waals surface area contributed by atoms with Crippen LogP contribution in [0.1, 0.15) is 58.8 Å². The molecule has 10 heteroatoms. The van der Waals surface area contributed by atoms with E-state index in [1.54, 1.807) is 4.90 Å². The summed E-state index contributed by atoms with van der Waals surface area (Å²) in [6, 6.07) is -0.535. The van der Waals surface area contributed by atoms with E-state index >= 15 is 0 Å². The molecule has 9 nitrogen and oxygen atoms in total. The third kappa shape index (κ3) is 14.1. The molecule has 0 aliphatic carbocycles. The van der Waals surface area contributed by atoms with Crippen LogP contribution in [-0.4, -0.2) is 85.8 Å². The van der Waals surface area contributed by atoms with Gasteiger partial charge >= 0.3 is 0 Å². The van der Waals surface area contributed by atoms with Crippen molar-refractivity contribution in [3.8, 4) is 0 Å². The SMILES string of the molecule is CCCCCC[C@H](NC(C)=O)C(=O)NCCNC(=O)CCSCC(=O)N(C)CC1CCNC1. The molecule has 33 heavy (non-hydrogen) atoms. The Morgan fingerprint density at radius 1 is 1.12 bits per heavy atom. The molecule has 0 aromatic heterocycles. The van der Waals surface area contributed by atoms with Crippen molar-refractivity contribution in [3.63, 3.8) is 0 Å². The quantitative estimate of drug-likeness (QED) is 0.227. The molecule has 2 atom stereocenters. The van der Waals surface area contributed by atoms with Crippen LogP contribution in [0, 0.1) is 5.92 Å². The number of thioether (sulfide) groups is 1. The summed E-state index contributed by atoms with van der Waals surface area (Å²) >= 11 is 1.46. The smallest absolute Gasteiger partial charge is 0.242 e. The predicted octanol–water partition coefficient (Wildman–Crippen LogP) is 0.885. The fourth-order valence-corrected chi connectivity index (χ4v) is 4.55. The van der Waals surface area contributed by atoms with Gasteiger partial charge in [-0.2, -0.15) is 11.8 Å². The molecule has 0 aromatic rings. The van der Waals surface area contributed by atoms with Crippen molar-refractivity contribution >= 4 is 35.4 Å². The van der Waals surface area contributed by atoms with Crippen LogP contribution in [0.2, 0.25) is 0 Å². The summed E-state index contributed by atoms with van der Waals surface area (Å²) in [7, 11) is 1.84. The van der Waals surface area contributed by atoms with Gasteiger partial charge in [0.1, 0.15) is 6.04 Å². The third-order valence-electron chi connectivity index (χ3n) is 5.61. The van der Waals surface area contributed by atoms with Crippen molar-refractivity contribution < 1.29 is 19.2 Å². The van der Waals surface area contributed by atoms with Crippen LogP contribution in [0.3, 0.4) is 0 Å². The van der Waals surface area contributed by atoms with Crippen LogP contribution in [0.25, 0.3) is 0 Å². The van der Waals surface area contributed by atoms with Gasteiger partial charge < -0.3 is 26.2 Å². The van der Waals surface area contributed by atoms with E-state index in [-0.39, 0.29) is 23.6 Å². The van der Waals surface area contributed by atoms with Gasteiger partial charge in [-0.05, 0) is 31.8 Å². The maximum Gasteiger partial charge on any atom is 0.242 e. The summed E-state index contributed by atoms with van der Waals surface area (Å²) < 4.78 is 0. The Kier molecular flexibility index (Phi) is 15.6. The first-order valence-corrected chi connectivity index (χ1v) is 13.3. The molecule has 1 rings (SSSR count).